The molecule has 3 aliphatic heterocycles. The molecule has 46 heavy (non-hydrogen) atoms. The summed E-state index contributed by atoms with van der Waals surface area (Å²) in [6.07, 6.45) is 9.81. The van der Waals surface area contributed by atoms with Gasteiger partial charge < -0.3 is 29.9 Å². The number of anilines is 2. The number of para-hydroxylation sites is 1. The summed E-state index contributed by atoms with van der Waals surface area (Å²) in [5, 5.41) is 22.4. The number of piperazine rings is 1. The zero-order valence-electron chi connectivity index (χ0n) is 28.5. The predicted molar refractivity (Wildman–Crippen MR) is 183 cm³/mol. The first kappa shape index (κ1) is 33.0. The lowest BCUT2D eigenvalue weighted by atomic mass is 9.49. The van der Waals surface area contributed by atoms with Crippen LogP contribution >= 0.6 is 0 Å². The number of phenolic OH excluding ortho intramolecular Hbond substituents is 1. The van der Waals surface area contributed by atoms with Crippen molar-refractivity contribution >= 4 is 17.5 Å². The summed E-state index contributed by atoms with van der Waals surface area (Å²) in [5.74, 6) is 1.16. The summed E-state index contributed by atoms with van der Waals surface area (Å²) < 4.78 is 4.95. The zero-order chi connectivity index (χ0) is 32.3. The van der Waals surface area contributed by atoms with Crippen molar-refractivity contribution in [3.05, 3.63) is 30.3 Å². The van der Waals surface area contributed by atoms with Gasteiger partial charge in [0.15, 0.2) is 5.82 Å². The molecule has 2 saturated carbocycles. The molecular formula is C36H55N7O3. The quantitative estimate of drug-likeness (QED) is 0.418. The van der Waals surface area contributed by atoms with Crippen LogP contribution in [0.25, 0.3) is 11.3 Å². The first-order chi connectivity index (χ1) is 22.4. The molecule has 0 radical (unpaired) electrons. The van der Waals surface area contributed by atoms with Crippen LogP contribution in [-0.4, -0.2) is 121 Å². The van der Waals surface area contributed by atoms with E-state index in [4.69, 9.17) is 4.74 Å². The Bertz CT molecular complexity index is 1300. The number of piperidine rings is 2. The molecule has 2 N–H and O–H groups in total. The van der Waals surface area contributed by atoms with Gasteiger partial charge in [-0.25, -0.2) is 0 Å². The van der Waals surface area contributed by atoms with Gasteiger partial charge in [0.2, 0.25) is 0 Å². The van der Waals surface area contributed by atoms with E-state index in [-0.39, 0.29) is 17.6 Å². The van der Waals surface area contributed by atoms with E-state index in [1.807, 2.05) is 39.1 Å². The largest absolute Gasteiger partial charge is 0.507 e. The summed E-state index contributed by atoms with van der Waals surface area (Å²) in [7, 11) is 3.41. The monoisotopic (exact) mass is 633 g/mol. The fraction of sp³-hybridized carbons (Fsp3) is 0.694. The standard InChI is InChI=1S/C34H49N7O3.C2H6/c1-35-32-30(19-29(36-37-32)28-5-3-4-6-31(28)42)41-17-15-40(16-18-41)26-7-11-38(12-8-26)25-9-13-39(14-10-25)27-22-34(23-27)20-24(21-34)33(43)44-2;1-2/h3-6,19,24-27,42H,7-18,20-23H2,1-2H3,(H,35,37);1-2H3. The summed E-state index contributed by atoms with van der Waals surface area (Å²) in [6, 6.07) is 11.5. The number of carbonyl (C=O) groups excluding carboxylic acids is 1. The van der Waals surface area contributed by atoms with Crippen LogP contribution in [0.5, 0.6) is 5.75 Å². The molecule has 3 saturated heterocycles. The minimum atomic E-state index is -0.00303. The highest BCUT2D eigenvalue weighted by Gasteiger charge is 2.56. The lowest BCUT2D eigenvalue weighted by Crippen LogP contribution is -2.60. The van der Waals surface area contributed by atoms with Crippen molar-refractivity contribution in [3.63, 3.8) is 0 Å². The molecule has 1 aromatic heterocycles. The predicted octanol–water partition coefficient (Wildman–Crippen LogP) is 4.70. The number of esters is 1. The van der Waals surface area contributed by atoms with Gasteiger partial charge in [0.25, 0.3) is 0 Å². The molecule has 7 rings (SSSR count). The van der Waals surface area contributed by atoms with Crippen LogP contribution < -0.4 is 10.2 Å². The maximum absolute atomic E-state index is 11.8. The number of benzene rings is 1. The molecule has 2 aromatic rings. The third kappa shape index (κ3) is 6.71. The van der Waals surface area contributed by atoms with Gasteiger partial charge in [-0.2, -0.15) is 0 Å². The van der Waals surface area contributed by atoms with Crippen LogP contribution in [0.4, 0.5) is 11.5 Å². The highest BCUT2D eigenvalue weighted by Crippen LogP contribution is 2.60. The SMILES string of the molecule is CC.CNc1nnc(-c2ccccc2O)cc1N1CCN(C2CCN(C3CCN(C4CC5(CC(C(=O)OC)C5)C4)CC3)CC2)CC1. The number of nitrogens with one attached hydrogen (secondary N) is 1. The topological polar surface area (TPSA) is 97.3 Å². The van der Waals surface area contributed by atoms with E-state index in [1.54, 1.807) is 6.07 Å². The molecule has 10 nitrogen and oxygen atoms in total. The average molecular weight is 634 g/mol. The van der Waals surface area contributed by atoms with E-state index in [9.17, 15) is 9.90 Å². The first-order valence-corrected chi connectivity index (χ1v) is 17.8. The lowest BCUT2D eigenvalue weighted by Gasteiger charge is -2.60. The number of aromatic nitrogens is 2. The van der Waals surface area contributed by atoms with E-state index in [0.717, 1.165) is 62.6 Å². The minimum Gasteiger partial charge on any atom is -0.507 e. The van der Waals surface area contributed by atoms with Crippen molar-refractivity contribution in [2.75, 3.05) is 76.7 Å². The fourth-order valence-electron chi connectivity index (χ4n) is 9.03. The Morgan fingerprint density at radius 3 is 1.96 bits per heavy atom. The normalized spacial score (nSPS) is 28.1. The van der Waals surface area contributed by atoms with Crippen LogP contribution in [-0.2, 0) is 9.53 Å². The molecule has 2 aliphatic carbocycles. The van der Waals surface area contributed by atoms with Crippen LogP contribution in [0.1, 0.15) is 65.2 Å². The van der Waals surface area contributed by atoms with Gasteiger partial charge in [0, 0.05) is 56.9 Å². The van der Waals surface area contributed by atoms with E-state index in [2.05, 4.69) is 41.2 Å². The van der Waals surface area contributed by atoms with Gasteiger partial charge in [-0.15, -0.1) is 10.2 Å². The highest BCUT2D eigenvalue weighted by atomic mass is 16.5. The third-order valence-corrected chi connectivity index (χ3v) is 11.6. The molecule has 1 spiro atoms. The van der Waals surface area contributed by atoms with E-state index < -0.39 is 0 Å². The van der Waals surface area contributed by atoms with E-state index in [0.29, 0.717) is 22.7 Å². The maximum atomic E-state index is 11.8. The molecule has 0 unspecified atom stereocenters. The number of nitrogens with zero attached hydrogens (tertiary/aromatic N) is 6. The molecule has 5 fully saturated rings. The van der Waals surface area contributed by atoms with Gasteiger partial charge >= 0.3 is 5.97 Å². The number of methoxy groups -OCH3 is 1. The van der Waals surface area contributed by atoms with Crippen LogP contribution in [0.2, 0.25) is 0 Å². The number of hydrogen-bond acceptors (Lipinski definition) is 10. The van der Waals surface area contributed by atoms with Crippen molar-refractivity contribution in [3.8, 4) is 17.0 Å². The van der Waals surface area contributed by atoms with Crippen molar-refractivity contribution in [1.82, 2.24) is 24.9 Å². The molecule has 252 valence electrons. The number of likely N-dealkylation sites (tertiary alicyclic amines) is 2. The first-order valence-electron chi connectivity index (χ1n) is 17.8. The van der Waals surface area contributed by atoms with Crippen molar-refractivity contribution < 1.29 is 14.6 Å². The molecular weight excluding hydrogens is 578 g/mol. The molecule has 4 heterocycles. The Kier molecular flexibility index (Phi) is 10.3. The van der Waals surface area contributed by atoms with Crippen LogP contribution in [0.15, 0.2) is 30.3 Å². The number of carbonyl (C=O) groups is 1. The Morgan fingerprint density at radius 1 is 0.826 bits per heavy atom. The fourth-order valence-corrected chi connectivity index (χ4v) is 9.03. The Labute approximate surface area is 275 Å². The second kappa shape index (κ2) is 14.4. The van der Waals surface area contributed by atoms with Crippen LogP contribution in [0.3, 0.4) is 0 Å². The van der Waals surface area contributed by atoms with Gasteiger partial charge in [-0.1, -0.05) is 26.0 Å². The molecule has 0 amide bonds. The number of rotatable bonds is 7. The van der Waals surface area contributed by atoms with Crippen molar-refractivity contribution in [1.29, 1.82) is 0 Å². The minimum absolute atomic E-state index is 0.00303. The summed E-state index contributed by atoms with van der Waals surface area (Å²) in [6.45, 7) is 13.0. The molecule has 0 bridgehead atoms. The van der Waals surface area contributed by atoms with Gasteiger partial charge in [0.05, 0.1) is 24.4 Å². The van der Waals surface area contributed by atoms with Gasteiger partial charge in [-0.05, 0) is 101 Å². The number of hydrogen-bond donors (Lipinski definition) is 2. The Balaban J connectivity index is 0.00000182. The smallest absolute Gasteiger partial charge is 0.308 e. The maximum Gasteiger partial charge on any atom is 0.308 e. The van der Waals surface area contributed by atoms with Crippen molar-refractivity contribution in [2.24, 2.45) is 11.3 Å². The summed E-state index contributed by atoms with van der Waals surface area (Å²) in [4.78, 5) is 22.5. The Hall–Kier alpha value is -2.95. The van der Waals surface area contributed by atoms with Gasteiger partial charge in [0.1, 0.15) is 5.75 Å². The van der Waals surface area contributed by atoms with Crippen molar-refractivity contribution in [2.45, 2.75) is 83.3 Å². The summed E-state index contributed by atoms with van der Waals surface area (Å²) in [5.41, 5.74) is 2.91. The van der Waals surface area contributed by atoms with E-state index in [1.165, 1.54) is 71.8 Å². The lowest BCUT2D eigenvalue weighted by molar-refractivity contribution is -0.163. The van der Waals surface area contributed by atoms with Crippen LogP contribution in [0, 0.1) is 11.3 Å². The number of ether oxygens (including phenoxy) is 1. The average Bonchev–Trinajstić information content (AvgIpc) is 3.08. The second-order valence-corrected chi connectivity index (χ2v) is 14.0. The third-order valence-electron chi connectivity index (χ3n) is 11.6. The summed E-state index contributed by atoms with van der Waals surface area (Å²) >= 11 is 0. The van der Waals surface area contributed by atoms with Gasteiger partial charge in [-0.3, -0.25) is 9.69 Å². The van der Waals surface area contributed by atoms with E-state index >= 15 is 0 Å². The number of aromatic hydroxyl groups is 1. The molecule has 1 aromatic carbocycles. The molecule has 10 heteroatoms. The number of phenols is 1. The molecule has 5 aliphatic rings. The second-order valence-electron chi connectivity index (χ2n) is 14.0. The Morgan fingerprint density at radius 2 is 1.39 bits per heavy atom. The zero-order valence-corrected chi connectivity index (χ0v) is 28.5. The highest BCUT2D eigenvalue weighted by molar-refractivity contribution is 5.75. The molecule has 0 atom stereocenters.